The van der Waals surface area contributed by atoms with Crippen LogP contribution in [0.5, 0.6) is 5.75 Å². The smallest absolute Gasteiger partial charge is 0.251 e. The number of hydrogen-bond acceptors (Lipinski definition) is 6. The third-order valence-corrected chi connectivity index (χ3v) is 9.29. The van der Waals surface area contributed by atoms with E-state index >= 15 is 0 Å². The molecule has 1 aliphatic heterocycles. The Bertz CT molecular complexity index is 1350. The maximum absolute atomic E-state index is 12.8. The molecule has 1 aliphatic carbocycles. The molecule has 1 heterocycles. The summed E-state index contributed by atoms with van der Waals surface area (Å²) in [6, 6.07) is 18.4. The molecule has 0 atom stereocenters. The molecule has 2 N–H and O–H groups in total. The Morgan fingerprint density at radius 2 is 1.77 bits per heavy atom. The van der Waals surface area contributed by atoms with E-state index in [1.807, 2.05) is 30.3 Å². The van der Waals surface area contributed by atoms with Gasteiger partial charge in [0.15, 0.2) is 9.84 Å². The van der Waals surface area contributed by atoms with Gasteiger partial charge in [0.1, 0.15) is 5.75 Å². The largest absolute Gasteiger partial charge is 0.490 e. The van der Waals surface area contributed by atoms with Crippen molar-refractivity contribution >= 4 is 38.9 Å². The third-order valence-electron chi connectivity index (χ3n) is 6.40. The zero-order valence-electron chi connectivity index (χ0n) is 19.5. The lowest BCUT2D eigenvalue weighted by Gasteiger charge is -2.23. The fraction of sp³-hybridized carbons (Fsp3) is 0.296. The Labute approximate surface area is 210 Å². The first kappa shape index (κ1) is 23.8. The monoisotopic (exact) mass is 508 g/mol. The van der Waals surface area contributed by atoms with Crippen molar-refractivity contribution in [1.82, 2.24) is 5.32 Å². The first-order valence-corrected chi connectivity index (χ1v) is 14.4. The lowest BCUT2D eigenvalue weighted by molar-refractivity contribution is 0.0951. The van der Waals surface area contributed by atoms with E-state index in [-0.39, 0.29) is 11.7 Å². The van der Waals surface area contributed by atoms with E-state index in [0.717, 1.165) is 45.3 Å². The van der Waals surface area contributed by atoms with Crippen molar-refractivity contribution in [3.05, 3.63) is 71.8 Å². The fourth-order valence-electron chi connectivity index (χ4n) is 4.35. The van der Waals surface area contributed by atoms with Crippen LogP contribution in [-0.2, 0) is 16.4 Å². The standard InChI is InChI=1S/C27H28N2O4S2/c1-2-35(31,32)22-11-7-18(8-12-22)17-28-27(30)19-9-14-25-24(15-19)29-23-13-10-21(16-26(23)34-25)33-20-5-3-4-6-20/h7-16,20,29H,2-6,17H2,1H3,(H,28,30). The number of sulfone groups is 1. The molecular weight excluding hydrogens is 480 g/mol. The molecule has 0 aromatic heterocycles. The van der Waals surface area contributed by atoms with Crippen molar-refractivity contribution in [3.8, 4) is 5.75 Å². The number of anilines is 2. The summed E-state index contributed by atoms with van der Waals surface area (Å²) in [4.78, 5) is 15.2. The number of benzene rings is 3. The molecular formula is C27H28N2O4S2. The van der Waals surface area contributed by atoms with Crippen molar-refractivity contribution < 1.29 is 17.9 Å². The molecule has 0 radical (unpaired) electrons. The van der Waals surface area contributed by atoms with Gasteiger partial charge in [-0.25, -0.2) is 8.42 Å². The Morgan fingerprint density at radius 1 is 1.00 bits per heavy atom. The Balaban J connectivity index is 1.23. The molecule has 35 heavy (non-hydrogen) atoms. The predicted molar refractivity (Wildman–Crippen MR) is 139 cm³/mol. The summed E-state index contributed by atoms with van der Waals surface area (Å²) < 4.78 is 30.1. The molecule has 1 amide bonds. The summed E-state index contributed by atoms with van der Waals surface area (Å²) in [5.41, 5.74) is 3.30. The number of amides is 1. The molecule has 3 aromatic rings. The van der Waals surface area contributed by atoms with Gasteiger partial charge in [-0.15, -0.1) is 0 Å². The van der Waals surface area contributed by atoms with Gasteiger partial charge in [0.25, 0.3) is 5.91 Å². The van der Waals surface area contributed by atoms with E-state index in [2.05, 4.69) is 16.7 Å². The normalized spacial score (nSPS) is 15.1. The molecule has 0 spiro atoms. The van der Waals surface area contributed by atoms with Crippen molar-refractivity contribution in [2.24, 2.45) is 0 Å². The maximum atomic E-state index is 12.8. The number of carbonyl (C=O) groups is 1. The van der Waals surface area contributed by atoms with Gasteiger partial charge in [0, 0.05) is 21.9 Å². The summed E-state index contributed by atoms with van der Waals surface area (Å²) in [5, 5.41) is 6.36. The van der Waals surface area contributed by atoms with E-state index in [1.54, 1.807) is 43.0 Å². The second kappa shape index (κ2) is 9.95. The average molecular weight is 509 g/mol. The summed E-state index contributed by atoms with van der Waals surface area (Å²) in [6.07, 6.45) is 5.06. The maximum Gasteiger partial charge on any atom is 0.251 e. The van der Waals surface area contributed by atoms with Gasteiger partial charge >= 0.3 is 0 Å². The van der Waals surface area contributed by atoms with E-state index in [0.29, 0.717) is 23.1 Å². The molecule has 8 heteroatoms. The van der Waals surface area contributed by atoms with Crippen molar-refractivity contribution in [3.63, 3.8) is 0 Å². The topological polar surface area (TPSA) is 84.5 Å². The minimum atomic E-state index is -3.23. The van der Waals surface area contributed by atoms with Crippen LogP contribution in [0.25, 0.3) is 0 Å². The average Bonchev–Trinajstić information content (AvgIpc) is 3.39. The van der Waals surface area contributed by atoms with Gasteiger partial charge in [-0.05, 0) is 79.8 Å². The van der Waals surface area contributed by atoms with E-state index in [1.165, 1.54) is 12.8 Å². The number of rotatable bonds is 7. The number of carbonyl (C=O) groups excluding carboxylic acids is 1. The highest BCUT2D eigenvalue weighted by molar-refractivity contribution is 7.99. The molecule has 6 nitrogen and oxygen atoms in total. The summed E-state index contributed by atoms with van der Waals surface area (Å²) in [6.45, 7) is 1.94. The molecule has 5 rings (SSSR count). The van der Waals surface area contributed by atoms with Crippen molar-refractivity contribution in [1.29, 1.82) is 0 Å². The van der Waals surface area contributed by atoms with Gasteiger partial charge in [-0.1, -0.05) is 30.8 Å². The third kappa shape index (κ3) is 5.33. The predicted octanol–water partition coefficient (Wildman–Crippen LogP) is 5.94. The van der Waals surface area contributed by atoms with Gasteiger partial charge < -0.3 is 15.4 Å². The van der Waals surface area contributed by atoms with Crippen LogP contribution in [-0.4, -0.2) is 26.2 Å². The zero-order valence-corrected chi connectivity index (χ0v) is 21.2. The highest BCUT2D eigenvalue weighted by atomic mass is 32.2. The van der Waals surface area contributed by atoms with Crippen LogP contribution in [0.1, 0.15) is 48.5 Å². The Kier molecular flexibility index (Phi) is 6.75. The lowest BCUT2D eigenvalue weighted by atomic mass is 10.1. The molecule has 1 fully saturated rings. The second-order valence-electron chi connectivity index (χ2n) is 8.85. The van der Waals surface area contributed by atoms with Crippen LogP contribution < -0.4 is 15.4 Å². The van der Waals surface area contributed by atoms with Gasteiger partial charge in [-0.3, -0.25) is 4.79 Å². The summed E-state index contributed by atoms with van der Waals surface area (Å²) in [7, 11) is -3.23. The molecule has 182 valence electrons. The van der Waals surface area contributed by atoms with Crippen LogP contribution >= 0.6 is 11.8 Å². The second-order valence-corrected chi connectivity index (χ2v) is 12.2. The minimum Gasteiger partial charge on any atom is -0.490 e. The van der Waals surface area contributed by atoms with Gasteiger partial charge in [0.2, 0.25) is 0 Å². The minimum absolute atomic E-state index is 0.0631. The van der Waals surface area contributed by atoms with Crippen LogP contribution in [0.2, 0.25) is 0 Å². The van der Waals surface area contributed by atoms with Crippen LogP contribution in [0.15, 0.2) is 75.4 Å². The van der Waals surface area contributed by atoms with Crippen molar-refractivity contribution in [2.45, 2.75) is 59.9 Å². The Hall–Kier alpha value is -2.97. The van der Waals surface area contributed by atoms with Crippen LogP contribution in [0.3, 0.4) is 0 Å². The molecule has 3 aromatic carbocycles. The van der Waals surface area contributed by atoms with E-state index in [4.69, 9.17) is 4.74 Å². The zero-order chi connectivity index (χ0) is 24.4. The first-order chi connectivity index (χ1) is 16.9. The molecule has 0 unspecified atom stereocenters. The quantitative estimate of drug-likeness (QED) is 0.321. The lowest BCUT2D eigenvalue weighted by Crippen LogP contribution is -2.23. The summed E-state index contributed by atoms with van der Waals surface area (Å²) >= 11 is 1.67. The first-order valence-electron chi connectivity index (χ1n) is 11.9. The van der Waals surface area contributed by atoms with Gasteiger partial charge in [0.05, 0.1) is 28.1 Å². The number of hydrogen-bond donors (Lipinski definition) is 2. The summed E-state index contributed by atoms with van der Waals surface area (Å²) in [5.74, 6) is 0.786. The highest BCUT2D eigenvalue weighted by Crippen LogP contribution is 2.46. The Morgan fingerprint density at radius 3 is 2.51 bits per heavy atom. The van der Waals surface area contributed by atoms with Gasteiger partial charge in [-0.2, -0.15) is 0 Å². The molecule has 1 saturated carbocycles. The molecule has 2 aliphatic rings. The number of nitrogens with one attached hydrogen (secondary N) is 2. The highest BCUT2D eigenvalue weighted by Gasteiger charge is 2.21. The van der Waals surface area contributed by atoms with E-state index < -0.39 is 9.84 Å². The number of fused-ring (bicyclic) bond motifs is 2. The van der Waals surface area contributed by atoms with Crippen LogP contribution in [0, 0.1) is 0 Å². The molecule has 0 bridgehead atoms. The van der Waals surface area contributed by atoms with Crippen molar-refractivity contribution in [2.75, 3.05) is 11.1 Å². The number of ether oxygens (including phenoxy) is 1. The fourth-order valence-corrected chi connectivity index (χ4v) is 6.23. The SMILES string of the molecule is CCS(=O)(=O)c1ccc(CNC(=O)c2ccc3c(c2)Nc2ccc(OC4CCCC4)cc2S3)cc1. The van der Waals surface area contributed by atoms with Crippen LogP contribution in [0.4, 0.5) is 11.4 Å². The molecule has 0 saturated heterocycles. The van der Waals surface area contributed by atoms with E-state index in [9.17, 15) is 13.2 Å².